The first-order valence-corrected chi connectivity index (χ1v) is 8.98. The SMILES string of the molecule is O=C(NCc1cc(F)ccc1F)c1[nH]nc2ncnc(N[C@H]3CC[C@H](O)[C@@H]3O)c12. The van der Waals surface area contributed by atoms with Crippen molar-refractivity contribution in [3.8, 4) is 0 Å². The summed E-state index contributed by atoms with van der Waals surface area (Å²) in [6.07, 6.45) is 0.405. The van der Waals surface area contributed by atoms with E-state index in [1.54, 1.807) is 0 Å². The van der Waals surface area contributed by atoms with Gasteiger partial charge in [-0.15, -0.1) is 0 Å². The molecule has 1 amide bonds. The molecule has 1 saturated carbocycles. The number of hydrogen-bond donors (Lipinski definition) is 5. The third-order valence-electron chi connectivity index (χ3n) is 4.93. The second-order valence-corrected chi connectivity index (χ2v) is 6.82. The zero-order valence-corrected chi connectivity index (χ0v) is 15.1. The highest BCUT2D eigenvalue weighted by Crippen LogP contribution is 2.27. The summed E-state index contributed by atoms with van der Waals surface area (Å²) in [5.41, 5.74) is 0.255. The van der Waals surface area contributed by atoms with Gasteiger partial charge in [0.1, 0.15) is 29.5 Å². The quantitative estimate of drug-likeness (QED) is 0.425. The highest BCUT2D eigenvalue weighted by Gasteiger charge is 2.34. The molecule has 2 heterocycles. The van der Waals surface area contributed by atoms with Crippen LogP contribution in [0.4, 0.5) is 14.6 Å². The Morgan fingerprint density at radius 1 is 1.24 bits per heavy atom. The molecule has 11 heteroatoms. The lowest BCUT2D eigenvalue weighted by atomic mass is 10.2. The molecule has 2 aromatic heterocycles. The topological polar surface area (TPSA) is 136 Å². The molecule has 152 valence electrons. The van der Waals surface area contributed by atoms with Crippen molar-refractivity contribution >= 4 is 22.8 Å². The van der Waals surface area contributed by atoms with Crippen LogP contribution in [-0.4, -0.2) is 54.5 Å². The maximum Gasteiger partial charge on any atom is 0.270 e. The number of aliphatic hydroxyl groups excluding tert-OH is 2. The molecule has 3 aromatic rings. The van der Waals surface area contributed by atoms with Gasteiger partial charge >= 0.3 is 0 Å². The third kappa shape index (κ3) is 3.74. The first kappa shape index (κ1) is 19.2. The molecule has 5 N–H and O–H groups in total. The van der Waals surface area contributed by atoms with Crippen molar-refractivity contribution < 1.29 is 23.8 Å². The molecule has 29 heavy (non-hydrogen) atoms. The first-order chi connectivity index (χ1) is 13.9. The summed E-state index contributed by atoms with van der Waals surface area (Å²) in [6.45, 7) is -0.229. The fourth-order valence-electron chi connectivity index (χ4n) is 3.37. The van der Waals surface area contributed by atoms with Gasteiger partial charge in [0.2, 0.25) is 0 Å². The second kappa shape index (κ2) is 7.68. The molecule has 0 bridgehead atoms. The Morgan fingerprint density at radius 2 is 2.07 bits per heavy atom. The van der Waals surface area contributed by atoms with E-state index in [-0.39, 0.29) is 29.3 Å². The van der Waals surface area contributed by atoms with Gasteiger partial charge in [0.15, 0.2) is 5.65 Å². The molecule has 0 radical (unpaired) electrons. The Labute approximate surface area is 163 Å². The van der Waals surface area contributed by atoms with E-state index >= 15 is 0 Å². The van der Waals surface area contributed by atoms with E-state index in [1.165, 1.54) is 6.33 Å². The van der Waals surface area contributed by atoms with Crippen LogP contribution < -0.4 is 10.6 Å². The molecule has 3 atom stereocenters. The lowest BCUT2D eigenvalue weighted by molar-refractivity contribution is 0.0392. The van der Waals surface area contributed by atoms with Gasteiger partial charge in [0.05, 0.1) is 23.6 Å². The minimum atomic E-state index is -0.972. The van der Waals surface area contributed by atoms with E-state index in [2.05, 4.69) is 30.8 Å². The molecule has 1 fully saturated rings. The molecule has 4 rings (SSSR count). The van der Waals surface area contributed by atoms with Crippen molar-refractivity contribution in [3.05, 3.63) is 47.4 Å². The highest BCUT2D eigenvalue weighted by molar-refractivity contribution is 6.07. The number of carbonyl (C=O) groups is 1. The zero-order chi connectivity index (χ0) is 20.5. The van der Waals surface area contributed by atoms with E-state index < -0.39 is 35.8 Å². The minimum absolute atomic E-state index is 0.000153. The number of halogens is 2. The summed E-state index contributed by atoms with van der Waals surface area (Å²) in [5, 5.41) is 32.1. The molecule has 0 spiro atoms. The number of carbonyl (C=O) groups excluding carboxylic acids is 1. The summed E-state index contributed by atoms with van der Waals surface area (Å²) in [4.78, 5) is 20.8. The second-order valence-electron chi connectivity index (χ2n) is 6.82. The lowest BCUT2D eigenvalue weighted by Gasteiger charge is -2.19. The van der Waals surface area contributed by atoms with E-state index in [1.807, 2.05) is 0 Å². The Bertz CT molecular complexity index is 1060. The number of benzene rings is 1. The number of hydrogen-bond acceptors (Lipinski definition) is 7. The number of aromatic amines is 1. The summed E-state index contributed by atoms with van der Waals surface area (Å²) in [7, 11) is 0. The Balaban J connectivity index is 1.57. The monoisotopic (exact) mass is 404 g/mol. The van der Waals surface area contributed by atoms with Gasteiger partial charge < -0.3 is 20.8 Å². The van der Waals surface area contributed by atoms with Gasteiger partial charge in [-0.1, -0.05) is 0 Å². The molecule has 0 saturated heterocycles. The molecule has 1 aliphatic carbocycles. The fraction of sp³-hybridized carbons (Fsp3) is 0.333. The van der Waals surface area contributed by atoms with Crippen LogP contribution in [0.3, 0.4) is 0 Å². The number of H-pyrrole nitrogens is 1. The van der Waals surface area contributed by atoms with E-state index in [9.17, 15) is 23.8 Å². The van der Waals surface area contributed by atoms with Crippen LogP contribution in [-0.2, 0) is 6.54 Å². The molecule has 0 aliphatic heterocycles. The summed E-state index contributed by atoms with van der Waals surface area (Å²) in [6, 6.07) is 2.53. The van der Waals surface area contributed by atoms with Crippen molar-refractivity contribution in [3.63, 3.8) is 0 Å². The Morgan fingerprint density at radius 3 is 2.83 bits per heavy atom. The molecule has 1 aromatic carbocycles. The summed E-state index contributed by atoms with van der Waals surface area (Å²) >= 11 is 0. The fourth-order valence-corrected chi connectivity index (χ4v) is 3.37. The summed E-state index contributed by atoms with van der Waals surface area (Å²) in [5.74, 6) is -1.59. The van der Waals surface area contributed by atoms with Gasteiger partial charge in [-0.25, -0.2) is 18.7 Å². The van der Waals surface area contributed by atoms with Gasteiger partial charge in [0.25, 0.3) is 5.91 Å². The van der Waals surface area contributed by atoms with Gasteiger partial charge in [-0.05, 0) is 31.0 Å². The van der Waals surface area contributed by atoms with Crippen LogP contribution in [0.5, 0.6) is 0 Å². The Kier molecular flexibility index (Phi) is 5.07. The number of anilines is 1. The predicted molar refractivity (Wildman–Crippen MR) is 97.9 cm³/mol. The van der Waals surface area contributed by atoms with Crippen molar-refractivity contribution in [2.24, 2.45) is 0 Å². The molecular weight excluding hydrogens is 386 g/mol. The van der Waals surface area contributed by atoms with Crippen LogP contribution in [0, 0.1) is 11.6 Å². The first-order valence-electron chi connectivity index (χ1n) is 8.98. The van der Waals surface area contributed by atoms with Crippen molar-refractivity contribution in [2.75, 3.05) is 5.32 Å². The van der Waals surface area contributed by atoms with Crippen LogP contribution in [0.1, 0.15) is 28.9 Å². The lowest BCUT2D eigenvalue weighted by Crippen LogP contribution is -2.34. The third-order valence-corrected chi connectivity index (χ3v) is 4.93. The molecular formula is C18H18F2N6O3. The number of rotatable bonds is 5. The standard InChI is InChI=1S/C18H18F2N6O3/c19-9-1-2-10(20)8(5-9)6-21-18(29)14-13-16(22-7-23-17(13)26-25-14)24-11-3-4-12(27)15(11)28/h1-2,5,7,11-12,15,27-28H,3-4,6H2,(H,21,29)(H2,22,23,24,25,26)/t11-,12-,15+/m0/s1. The maximum atomic E-state index is 13.8. The zero-order valence-electron chi connectivity index (χ0n) is 15.1. The van der Waals surface area contributed by atoms with Crippen molar-refractivity contribution in [2.45, 2.75) is 37.6 Å². The van der Waals surface area contributed by atoms with Crippen molar-refractivity contribution in [1.29, 1.82) is 0 Å². The predicted octanol–water partition coefficient (Wildman–Crippen LogP) is 0.857. The summed E-state index contributed by atoms with van der Waals surface area (Å²) < 4.78 is 27.1. The number of nitrogens with one attached hydrogen (secondary N) is 3. The van der Waals surface area contributed by atoms with Crippen LogP contribution in [0.25, 0.3) is 11.0 Å². The van der Waals surface area contributed by atoms with E-state index in [0.29, 0.717) is 18.2 Å². The van der Waals surface area contributed by atoms with Crippen LogP contribution in [0.15, 0.2) is 24.5 Å². The average molecular weight is 404 g/mol. The van der Waals surface area contributed by atoms with Crippen LogP contribution in [0.2, 0.25) is 0 Å². The number of aromatic nitrogens is 4. The average Bonchev–Trinajstić information content (AvgIpc) is 3.28. The molecule has 1 aliphatic rings. The van der Waals surface area contributed by atoms with E-state index in [0.717, 1.165) is 18.2 Å². The molecule has 9 nitrogen and oxygen atoms in total. The Hall–Kier alpha value is -3.18. The number of nitrogens with zero attached hydrogens (tertiary/aromatic N) is 3. The van der Waals surface area contributed by atoms with Gasteiger partial charge in [0, 0.05) is 12.1 Å². The largest absolute Gasteiger partial charge is 0.390 e. The van der Waals surface area contributed by atoms with Gasteiger partial charge in [-0.2, -0.15) is 5.10 Å². The minimum Gasteiger partial charge on any atom is -0.390 e. The van der Waals surface area contributed by atoms with Crippen molar-refractivity contribution in [1.82, 2.24) is 25.5 Å². The number of aliphatic hydroxyl groups is 2. The number of amides is 1. The smallest absolute Gasteiger partial charge is 0.270 e. The normalized spacial score (nSPS) is 21.4. The highest BCUT2D eigenvalue weighted by atomic mass is 19.1. The molecule has 0 unspecified atom stereocenters. The maximum absolute atomic E-state index is 13.8. The van der Waals surface area contributed by atoms with E-state index in [4.69, 9.17) is 0 Å². The van der Waals surface area contributed by atoms with Crippen LogP contribution >= 0.6 is 0 Å². The van der Waals surface area contributed by atoms with Gasteiger partial charge in [-0.3, -0.25) is 9.89 Å². The number of fused-ring (bicyclic) bond motifs is 1.